The second-order valence-corrected chi connectivity index (χ2v) is 7.19. The summed E-state index contributed by atoms with van der Waals surface area (Å²) in [6.07, 6.45) is 3.91. The second-order valence-electron chi connectivity index (χ2n) is 6.32. The molecule has 7 heteroatoms. The van der Waals surface area contributed by atoms with Crippen LogP contribution in [-0.2, 0) is 18.8 Å². The molecule has 5 nitrogen and oxygen atoms in total. The van der Waals surface area contributed by atoms with Crippen LogP contribution in [0.3, 0.4) is 0 Å². The van der Waals surface area contributed by atoms with E-state index in [0.29, 0.717) is 19.0 Å². The molecule has 2 rings (SSSR count). The largest absolute Gasteiger partial charge is 0.357 e. The number of hydrogen-bond acceptors (Lipinski definition) is 4. The zero-order valence-corrected chi connectivity index (χ0v) is 17.9. The summed E-state index contributed by atoms with van der Waals surface area (Å²) in [5, 5.41) is 6.60. The summed E-state index contributed by atoms with van der Waals surface area (Å²) in [4.78, 5) is 11.0. The highest BCUT2D eigenvalue weighted by Gasteiger charge is 2.07. The second kappa shape index (κ2) is 11.5. The molecule has 1 aromatic carbocycles. The van der Waals surface area contributed by atoms with Gasteiger partial charge in [0.2, 0.25) is 0 Å². The minimum Gasteiger partial charge on any atom is -0.357 e. The summed E-state index contributed by atoms with van der Waals surface area (Å²) in [5.74, 6) is 2.28. The Balaban J connectivity index is 1.91. The van der Waals surface area contributed by atoms with Gasteiger partial charge in [-0.2, -0.15) is 11.8 Å². The van der Waals surface area contributed by atoms with Crippen molar-refractivity contribution in [3.05, 3.63) is 59.0 Å². The van der Waals surface area contributed by atoms with Gasteiger partial charge in [-0.1, -0.05) is 12.1 Å². The number of benzene rings is 1. The Bertz CT molecular complexity index is 760. The lowest BCUT2D eigenvalue weighted by atomic mass is 10.1. The minimum absolute atomic E-state index is 0.198. The molecule has 0 saturated heterocycles. The van der Waals surface area contributed by atoms with Gasteiger partial charge in [-0.25, -0.2) is 9.37 Å². The Morgan fingerprint density at radius 3 is 2.46 bits per heavy atom. The molecule has 152 valence electrons. The Morgan fingerprint density at radius 2 is 1.86 bits per heavy atom. The number of anilines is 1. The topological polar surface area (TPSA) is 52.5 Å². The smallest absolute Gasteiger partial charge is 0.191 e. The number of aliphatic imine (C=N–C) groups is 1. The number of nitrogens with one attached hydrogen (secondary N) is 2. The van der Waals surface area contributed by atoms with Gasteiger partial charge in [-0.05, 0) is 55.0 Å². The van der Waals surface area contributed by atoms with Crippen LogP contribution in [0.2, 0.25) is 0 Å². The number of hydrogen-bond donors (Lipinski definition) is 2. The quantitative estimate of drug-likeness (QED) is 0.493. The van der Waals surface area contributed by atoms with Crippen molar-refractivity contribution in [2.24, 2.45) is 4.99 Å². The van der Waals surface area contributed by atoms with Crippen molar-refractivity contribution in [1.29, 1.82) is 0 Å². The Kier molecular flexibility index (Phi) is 9.07. The van der Waals surface area contributed by atoms with Crippen LogP contribution in [0.15, 0.2) is 41.5 Å². The Morgan fingerprint density at radius 1 is 1.11 bits per heavy atom. The van der Waals surface area contributed by atoms with E-state index in [1.165, 1.54) is 6.07 Å². The molecule has 1 heterocycles. The van der Waals surface area contributed by atoms with E-state index in [4.69, 9.17) is 0 Å². The lowest BCUT2D eigenvalue weighted by Gasteiger charge is -2.19. The maximum atomic E-state index is 13.5. The zero-order valence-electron chi connectivity index (χ0n) is 17.1. The van der Waals surface area contributed by atoms with Crippen LogP contribution in [-0.4, -0.2) is 37.3 Å². The fraction of sp³-hybridized carbons (Fsp3) is 0.429. The van der Waals surface area contributed by atoms with Gasteiger partial charge in [-0.3, -0.25) is 4.99 Å². The number of guanidine groups is 1. The van der Waals surface area contributed by atoms with Gasteiger partial charge in [0.1, 0.15) is 11.6 Å². The van der Waals surface area contributed by atoms with Crippen LogP contribution in [0.1, 0.15) is 30.5 Å². The van der Waals surface area contributed by atoms with Gasteiger partial charge >= 0.3 is 0 Å². The first-order valence-corrected chi connectivity index (χ1v) is 10.9. The molecule has 0 bridgehead atoms. The number of aromatic nitrogens is 1. The van der Waals surface area contributed by atoms with Crippen molar-refractivity contribution in [1.82, 2.24) is 15.6 Å². The molecule has 28 heavy (non-hydrogen) atoms. The predicted octanol–water partition coefficient (Wildman–Crippen LogP) is 3.80. The molecule has 0 aliphatic heterocycles. The first-order valence-electron chi connectivity index (χ1n) is 9.51. The van der Waals surface area contributed by atoms with E-state index >= 15 is 0 Å². The average Bonchev–Trinajstić information content (AvgIpc) is 2.71. The molecule has 0 saturated carbocycles. The summed E-state index contributed by atoms with van der Waals surface area (Å²) in [5.41, 5.74) is 3.17. The van der Waals surface area contributed by atoms with Crippen LogP contribution < -0.4 is 15.5 Å². The molecule has 1 aromatic heterocycles. The van der Waals surface area contributed by atoms with Crippen molar-refractivity contribution in [2.75, 3.05) is 31.3 Å². The van der Waals surface area contributed by atoms with E-state index in [0.717, 1.165) is 41.4 Å². The molecule has 2 N–H and O–H groups in total. The minimum atomic E-state index is -0.198. The summed E-state index contributed by atoms with van der Waals surface area (Å²) < 4.78 is 13.5. The fourth-order valence-electron chi connectivity index (χ4n) is 2.90. The molecule has 0 spiro atoms. The molecule has 0 radical (unpaired) electrons. The van der Waals surface area contributed by atoms with Crippen LogP contribution in [0, 0.1) is 5.82 Å². The van der Waals surface area contributed by atoms with Crippen LogP contribution in [0.5, 0.6) is 0 Å². The number of halogens is 1. The highest BCUT2D eigenvalue weighted by atomic mass is 32.2. The summed E-state index contributed by atoms with van der Waals surface area (Å²) in [6, 6.07) is 9.06. The van der Waals surface area contributed by atoms with Crippen LogP contribution >= 0.6 is 11.8 Å². The number of thioether (sulfide) groups is 1. The molecule has 0 unspecified atom stereocenters. The van der Waals surface area contributed by atoms with Gasteiger partial charge in [0, 0.05) is 45.2 Å². The summed E-state index contributed by atoms with van der Waals surface area (Å²) in [6.45, 7) is 7.37. The number of nitrogens with zero attached hydrogens (tertiary/aromatic N) is 3. The van der Waals surface area contributed by atoms with Crippen molar-refractivity contribution in [2.45, 2.75) is 32.7 Å². The molecular weight excluding hydrogens is 373 g/mol. The van der Waals surface area contributed by atoms with Crippen molar-refractivity contribution < 1.29 is 4.39 Å². The first-order chi connectivity index (χ1) is 13.6. The predicted molar refractivity (Wildman–Crippen MR) is 118 cm³/mol. The van der Waals surface area contributed by atoms with E-state index in [2.05, 4.69) is 45.4 Å². The van der Waals surface area contributed by atoms with Crippen LogP contribution in [0.4, 0.5) is 10.2 Å². The number of pyridine rings is 1. The van der Waals surface area contributed by atoms with E-state index in [9.17, 15) is 4.39 Å². The van der Waals surface area contributed by atoms with Gasteiger partial charge in [0.05, 0.1) is 0 Å². The molecule has 0 aliphatic rings. The molecule has 0 amide bonds. The summed E-state index contributed by atoms with van der Waals surface area (Å²) >= 11 is 1.68. The third-order valence-electron chi connectivity index (χ3n) is 4.49. The third-order valence-corrected chi connectivity index (χ3v) is 5.09. The van der Waals surface area contributed by atoms with Gasteiger partial charge < -0.3 is 15.5 Å². The van der Waals surface area contributed by atoms with E-state index < -0.39 is 0 Å². The third kappa shape index (κ3) is 6.41. The molecule has 2 aromatic rings. The average molecular weight is 404 g/mol. The van der Waals surface area contributed by atoms with Crippen LogP contribution in [0.25, 0.3) is 0 Å². The monoisotopic (exact) mass is 403 g/mol. The van der Waals surface area contributed by atoms with E-state index in [1.54, 1.807) is 24.9 Å². The lowest BCUT2D eigenvalue weighted by molar-refractivity contribution is 0.625. The van der Waals surface area contributed by atoms with Crippen molar-refractivity contribution in [3.8, 4) is 0 Å². The highest BCUT2D eigenvalue weighted by Crippen LogP contribution is 2.16. The lowest BCUT2D eigenvalue weighted by Crippen LogP contribution is -2.36. The van der Waals surface area contributed by atoms with Gasteiger partial charge in [0.25, 0.3) is 0 Å². The Hall–Kier alpha value is -2.28. The van der Waals surface area contributed by atoms with E-state index in [-0.39, 0.29) is 5.82 Å². The van der Waals surface area contributed by atoms with Gasteiger partial charge in [-0.15, -0.1) is 0 Å². The standard InChI is InChI=1S/C21H30FN5S/c1-5-27(6-2)20-10-7-16(12-24-20)13-25-21(23-3)26-14-17-8-9-19(22)11-18(17)15-28-4/h7-12H,5-6,13-15H2,1-4H3,(H2,23,25,26). The fourth-order valence-corrected chi connectivity index (χ4v) is 3.48. The van der Waals surface area contributed by atoms with Gasteiger partial charge in [0.15, 0.2) is 5.96 Å². The highest BCUT2D eigenvalue weighted by molar-refractivity contribution is 7.97. The zero-order chi connectivity index (χ0) is 20.4. The van der Waals surface area contributed by atoms with Crippen molar-refractivity contribution in [3.63, 3.8) is 0 Å². The van der Waals surface area contributed by atoms with Crippen molar-refractivity contribution >= 4 is 23.5 Å². The van der Waals surface area contributed by atoms with E-state index in [1.807, 2.05) is 24.6 Å². The first kappa shape index (κ1) is 22.0. The molecule has 0 fully saturated rings. The normalized spacial score (nSPS) is 11.4. The number of rotatable bonds is 9. The molecular formula is C21H30FN5S. The summed E-state index contributed by atoms with van der Waals surface area (Å²) in [7, 11) is 1.74. The maximum Gasteiger partial charge on any atom is 0.191 e. The molecule has 0 atom stereocenters. The molecule has 0 aliphatic carbocycles. The Labute approximate surface area is 171 Å². The maximum absolute atomic E-state index is 13.5. The SMILES string of the molecule is CCN(CC)c1ccc(CNC(=NC)NCc2ccc(F)cc2CSC)cn1.